The summed E-state index contributed by atoms with van der Waals surface area (Å²) in [6.45, 7) is 2.80. The number of carbonyl (C=O) groups is 1. The van der Waals surface area contributed by atoms with Crippen molar-refractivity contribution in [1.29, 1.82) is 0 Å². The number of benzene rings is 1. The Hall–Kier alpha value is -1.19. The number of primary amides is 1. The topological polar surface area (TPSA) is 46.3 Å². The molecule has 0 unspecified atom stereocenters. The molecule has 1 rings (SSSR count). The zero-order valence-electron chi connectivity index (χ0n) is 18.7. The maximum absolute atomic E-state index is 11.8. The van der Waals surface area contributed by atoms with E-state index in [0.717, 1.165) is 12.8 Å². The largest absolute Gasteiger partial charge is 0.351 e. The summed E-state index contributed by atoms with van der Waals surface area (Å²) in [6.07, 6.45) is 22.2. The van der Waals surface area contributed by atoms with E-state index in [2.05, 4.69) is 19.1 Å². The van der Waals surface area contributed by atoms with Crippen molar-refractivity contribution in [1.82, 2.24) is 0 Å². The number of nitrogens with zero attached hydrogens (tertiary/aromatic N) is 1. The lowest BCUT2D eigenvalue weighted by Gasteiger charge is -2.22. The molecule has 1 aromatic rings. The van der Waals surface area contributed by atoms with E-state index in [1.807, 2.05) is 0 Å². The molecule has 0 aliphatic rings. The molecule has 0 radical (unpaired) electrons. The summed E-state index contributed by atoms with van der Waals surface area (Å²) in [5.74, 6) is 0. The predicted octanol–water partition coefficient (Wildman–Crippen LogP) is 8.92. The fourth-order valence-electron chi connectivity index (χ4n) is 3.60. The van der Waals surface area contributed by atoms with Crippen LogP contribution in [0.2, 0.25) is 10.0 Å². The first-order chi connectivity index (χ1) is 14.6. The standard InChI is InChI=1S/C25H40Cl2N2O/c1-2-3-4-5-6-7-8-9-10-11-12-13-14-15-16-17-21-29(25(28)30)24-22(26)19-18-20-23(24)27/h9-10,18-20H,2-8,11-17,21H2,1H3,(H2,28,30). The van der Waals surface area contributed by atoms with Gasteiger partial charge in [-0.2, -0.15) is 0 Å². The van der Waals surface area contributed by atoms with Gasteiger partial charge in [0.2, 0.25) is 0 Å². The van der Waals surface area contributed by atoms with Crippen LogP contribution in [0.25, 0.3) is 0 Å². The molecule has 0 saturated carbocycles. The second kappa shape index (κ2) is 17.5. The lowest BCUT2D eigenvalue weighted by atomic mass is 10.1. The summed E-state index contributed by atoms with van der Waals surface area (Å²) < 4.78 is 0. The molecule has 0 fully saturated rings. The molecule has 0 aromatic heterocycles. The Morgan fingerprint density at radius 3 is 1.80 bits per heavy atom. The summed E-state index contributed by atoms with van der Waals surface area (Å²) in [5.41, 5.74) is 6.05. The van der Waals surface area contributed by atoms with Crippen LogP contribution < -0.4 is 10.6 Å². The average Bonchev–Trinajstić information content (AvgIpc) is 2.71. The summed E-state index contributed by atoms with van der Waals surface area (Å²) in [6, 6.07) is 4.69. The molecule has 0 bridgehead atoms. The number of nitrogens with two attached hydrogens (primary N) is 1. The van der Waals surface area contributed by atoms with E-state index in [9.17, 15) is 4.79 Å². The normalized spacial score (nSPS) is 11.3. The van der Waals surface area contributed by atoms with Gasteiger partial charge in [-0.1, -0.05) is 106 Å². The molecule has 1 aromatic carbocycles. The third-order valence-electron chi connectivity index (χ3n) is 5.37. The number of anilines is 1. The van der Waals surface area contributed by atoms with Gasteiger partial charge in [-0.05, 0) is 44.2 Å². The molecule has 0 atom stereocenters. The number of para-hydroxylation sites is 1. The third-order valence-corrected chi connectivity index (χ3v) is 5.98. The highest BCUT2D eigenvalue weighted by molar-refractivity contribution is 6.39. The molecular formula is C25H40Cl2N2O. The molecule has 30 heavy (non-hydrogen) atoms. The number of rotatable bonds is 17. The fraction of sp³-hybridized carbons (Fsp3) is 0.640. The number of carbonyl (C=O) groups excluding carboxylic acids is 1. The van der Waals surface area contributed by atoms with Crippen LogP contribution in [0.4, 0.5) is 10.5 Å². The maximum atomic E-state index is 11.8. The van der Waals surface area contributed by atoms with Gasteiger partial charge in [0.1, 0.15) is 0 Å². The summed E-state index contributed by atoms with van der Waals surface area (Å²) in [7, 11) is 0. The van der Waals surface area contributed by atoms with Crippen molar-refractivity contribution in [3.05, 3.63) is 40.4 Å². The van der Waals surface area contributed by atoms with Gasteiger partial charge in [-0.15, -0.1) is 0 Å². The molecule has 2 N–H and O–H groups in total. The van der Waals surface area contributed by atoms with Crippen LogP contribution in [-0.4, -0.2) is 12.6 Å². The highest BCUT2D eigenvalue weighted by atomic mass is 35.5. The second-order valence-electron chi connectivity index (χ2n) is 8.00. The van der Waals surface area contributed by atoms with E-state index in [1.165, 1.54) is 81.9 Å². The molecule has 2 amide bonds. The Labute approximate surface area is 194 Å². The number of urea groups is 1. The van der Waals surface area contributed by atoms with E-state index in [0.29, 0.717) is 22.3 Å². The van der Waals surface area contributed by atoms with Crippen LogP contribution in [-0.2, 0) is 0 Å². The van der Waals surface area contributed by atoms with Crippen LogP contribution >= 0.6 is 23.2 Å². The van der Waals surface area contributed by atoms with Crippen LogP contribution in [0.5, 0.6) is 0 Å². The number of allylic oxidation sites excluding steroid dienone is 2. The van der Waals surface area contributed by atoms with Gasteiger partial charge in [-0.3, -0.25) is 4.90 Å². The fourth-order valence-corrected chi connectivity index (χ4v) is 4.20. The Bertz CT molecular complexity index is 599. The van der Waals surface area contributed by atoms with Gasteiger partial charge in [0, 0.05) is 6.54 Å². The van der Waals surface area contributed by atoms with E-state index >= 15 is 0 Å². The minimum Gasteiger partial charge on any atom is -0.351 e. The molecule has 0 heterocycles. The molecule has 0 spiro atoms. The number of hydrogen-bond donors (Lipinski definition) is 1. The van der Waals surface area contributed by atoms with E-state index in [-0.39, 0.29) is 0 Å². The zero-order valence-corrected chi connectivity index (χ0v) is 20.2. The van der Waals surface area contributed by atoms with Gasteiger partial charge < -0.3 is 5.73 Å². The van der Waals surface area contributed by atoms with Gasteiger partial charge in [-0.25, -0.2) is 4.79 Å². The molecule has 5 heteroatoms. The Morgan fingerprint density at radius 2 is 1.30 bits per heavy atom. The van der Waals surface area contributed by atoms with Crippen molar-refractivity contribution in [2.45, 2.75) is 96.8 Å². The first kappa shape index (κ1) is 26.8. The van der Waals surface area contributed by atoms with Gasteiger partial charge in [0.15, 0.2) is 0 Å². The van der Waals surface area contributed by atoms with Crippen molar-refractivity contribution >= 4 is 34.9 Å². The first-order valence-corrected chi connectivity index (χ1v) is 12.5. The Balaban J connectivity index is 2.06. The molecule has 3 nitrogen and oxygen atoms in total. The highest BCUT2D eigenvalue weighted by Crippen LogP contribution is 2.33. The SMILES string of the molecule is CCCCCCCCC=CCCCCCCCCN(C(N)=O)c1c(Cl)cccc1Cl. The van der Waals surface area contributed by atoms with Gasteiger partial charge in [0.05, 0.1) is 15.7 Å². The van der Waals surface area contributed by atoms with Crippen molar-refractivity contribution < 1.29 is 4.79 Å². The van der Waals surface area contributed by atoms with Crippen molar-refractivity contribution in [3.63, 3.8) is 0 Å². The lowest BCUT2D eigenvalue weighted by molar-refractivity contribution is 0.253. The number of unbranched alkanes of at least 4 members (excludes halogenated alkanes) is 12. The van der Waals surface area contributed by atoms with E-state index in [4.69, 9.17) is 28.9 Å². The third kappa shape index (κ3) is 11.9. The monoisotopic (exact) mass is 454 g/mol. The van der Waals surface area contributed by atoms with E-state index < -0.39 is 6.03 Å². The number of halogens is 2. The van der Waals surface area contributed by atoms with Crippen LogP contribution in [0, 0.1) is 0 Å². The second-order valence-corrected chi connectivity index (χ2v) is 8.81. The van der Waals surface area contributed by atoms with Gasteiger partial charge in [0.25, 0.3) is 0 Å². The molecule has 0 aliphatic heterocycles. The predicted molar refractivity (Wildman–Crippen MR) is 133 cm³/mol. The lowest BCUT2D eigenvalue weighted by Crippen LogP contribution is -2.37. The minimum atomic E-state index is -0.516. The van der Waals surface area contributed by atoms with Crippen LogP contribution in [0.1, 0.15) is 96.8 Å². The maximum Gasteiger partial charge on any atom is 0.319 e. The zero-order chi connectivity index (χ0) is 22.0. The molecule has 0 saturated heterocycles. The van der Waals surface area contributed by atoms with Crippen molar-refractivity contribution in [2.24, 2.45) is 5.73 Å². The summed E-state index contributed by atoms with van der Waals surface area (Å²) in [4.78, 5) is 13.3. The van der Waals surface area contributed by atoms with Crippen LogP contribution in [0.15, 0.2) is 30.4 Å². The first-order valence-electron chi connectivity index (χ1n) is 11.7. The Kier molecular flexibility index (Phi) is 15.6. The average molecular weight is 456 g/mol. The quantitative estimate of drug-likeness (QED) is 0.185. The van der Waals surface area contributed by atoms with Crippen molar-refractivity contribution in [3.8, 4) is 0 Å². The smallest absolute Gasteiger partial charge is 0.319 e. The van der Waals surface area contributed by atoms with Crippen molar-refractivity contribution in [2.75, 3.05) is 11.4 Å². The number of hydrogen-bond acceptors (Lipinski definition) is 1. The number of amides is 2. The molecular weight excluding hydrogens is 415 g/mol. The molecule has 170 valence electrons. The summed E-state index contributed by atoms with van der Waals surface area (Å²) >= 11 is 12.4. The minimum absolute atomic E-state index is 0.450. The van der Waals surface area contributed by atoms with Crippen LogP contribution in [0.3, 0.4) is 0 Å². The Morgan fingerprint density at radius 1 is 0.833 bits per heavy atom. The van der Waals surface area contributed by atoms with Gasteiger partial charge >= 0.3 is 6.03 Å². The highest BCUT2D eigenvalue weighted by Gasteiger charge is 2.18. The summed E-state index contributed by atoms with van der Waals surface area (Å²) in [5, 5.41) is 0.900. The van der Waals surface area contributed by atoms with E-state index in [1.54, 1.807) is 18.2 Å². The molecule has 0 aliphatic carbocycles.